The molecule has 1 atom stereocenters. The molecule has 0 saturated heterocycles. The predicted molar refractivity (Wildman–Crippen MR) is 75.8 cm³/mol. The van der Waals surface area contributed by atoms with Crippen molar-refractivity contribution in [2.75, 3.05) is 0 Å². The van der Waals surface area contributed by atoms with Crippen LogP contribution in [0.25, 0.3) is 0 Å². The van der Waals surface area contributed by atoms with Crippen LogP contribution in [-0.4, -0.2) is 40.1 Å². The number of aliphatic carboxylic acids is 2. The molecule has 1 aliphatic rings. The van der Waals surface area contributed by atoms with Crippen molar-refractivity contribution >= 4 is 11.9 Å². The van der Waals surface area contributed by atoms with Crippen molar-refractivity contribution in [3.63, 3.8) is 0 Å². The number of hydrogen-bond donors (Lipinski definition) is 2. The van der Waals surface area contributed by atoms with Crippen LogP contribution in [0.3, 0.4) is 0 Å². The quantitative estimate of drug-likeness (QED) is 0.730. The van der Waals surface area contributed by atoms with Crippen LogP contribution in [0.1, 0.15) is 34.6 Å². The van der Waals surface area contributed by atoms with Crippen molar-refractivity contribution < 1.29 is 29.3 Å². The second-order valence-corrected chi connectivity index (χ2v) is 5.57. The second-order valence-electron chi connectivity index (χ2n) is 5.57. The van der Waals surface area contributed by atoms with E-state index in [9.17, 15) is 19.8 Å². The van der Waals surface area contributed by atoms with Gasteiger partial charge in [0.15, 0.2) is 0 Å². The van der Waals surface area contributed by atoms with Crippen molar-refractivity contribution in [3.8, 4) is 0 Å². The lowest BCUT2D eigenvalue weighted by Gasteiger charge is -2.43. The number of carbonyl (C=O) groups is 2. The molecular formula is C15H22O6. The van der Waals surface area contributed by atoms with Crippen LogP contribution in [0.5, 0.6) is 0 Å². The first kappa shape index (κ1) is 17.4. The fourth-order valence-electron chi connectivity index (χ4n) is 2.45. The van der Waals surface area contributed by atoms with Gasteiger partial charge in [0.1, 0.15) is 5.92 Å². The molecule has 2 N–H and O–H groups in total. The summed E-state index contributed by atoms with van der Waals surface area (Å²) < 4.78 is 11.4. The van der Waals surface area contributed by atoms with E-state index in [4.69, 9.17) is 9.47 Å². The number of hydrogen-bond acceptors (Lipinski definition) is 4. The van der Waals surface area contributed by atoms with Gasteiger partial charge in [0, 0.05) is 0 Å². The molecule has 1 rings (SSSR count). The summed E-state index contributed by atoms with van der Waals surface area (Å²) in [6.07, 6.45) is 2.02. The Kier molecular flexibility index (Phi) is 5.31. The maximum atomic E-state index is 11.7. The van der Waals surface area contributed by atoms with Crippen LogP contribution in [0, 0.1) is 5.92 Å². The van der Waals surface area contributed by atoms with Gasteiger partial charge < -0.3 is 19.7 Å². The van der Waals surface area contributed by atoms with E-state index >= 15 is 0 Å². The highest BCUT2D eigenvalue weighted by Crippen LogP contribution is 2.41. The monoisotopic (exact) mass is 298 g/mol. The fourth-order valence-corrected chi connectivity index (χ4v) is 2.45. The van der Waals surface area contributed by atoms with Crippen molar-refractivity contribution in [1.82, 2.24) is 0 Å². The van der Waals surface area contributed by atoms with Crippen molar-refractivity contribution in [2.24, 2.45) is 5.92 Å². The van der Waals surface area contributed by atoms with E-state index in [-0.39, 0.29) is 5.57 Å². The minimum absolute atomic E-state index is 0.206. The summed E-state index contributed by atoms with van der Waals surface area (Å²) in [5.41, 5.74) is 0.275. The first-order valence-corrected chi connectivity index (χ1v) is 6.82. The molecule has 6 nitrogen and oxygen atoms in total. The smallest absolute Gasteiger partial charge is 0.337 e. The van der Waals surface area contributed by atoms with Crippen LogP contribution >= 0.6 is 0 Å². The average Bonchev–Trinajstić information content (AvgIpc) is 2.24. The Hall–Kier alpha value is -1.66. The van der Waals surface area contributed by atoms with Crippen molar-refractivity contribution in [1.29, 1.82) is 0 Å². The number of rotatable bonds is 6. The molecule has 0 aromatic carbocycles. The Bertz CT molecular complexity index is 476. The highest BCUT2D eigenvalue weighted by molar-refractivity contribution is 5.92. The minimum Gasteiger partial charge on any atom is -0.481 e. The van der Waals surface area contributed by atoms with Gasteiger partial charge >= 0.3 is 11.9 Å². The van der Waals surface area contributed by atoms with E-state index in [1.165, 1.54) is 12.2 Å². The number of carboxylic acid groups (broad SMARTS) is 2. The number of carboxylic acids is 2. The highest BCUT2D eigenvalue weighted by atomic mass is 16.7. The number of ether oxygens (including phenoxy) is 2. The molecule has 0 spiro atoms. The molecule has 1 aliphatic carbocycles. The molecule has 0 amide bonds. The van der Waals surface area contributed by atoms with E-state index in [1.807, 2.05) is 0 Å². The summed E-state index contributed by atoms with van der Waals surface area (Å²) in [5, 5.41) is 19.0. The molecular weight excluding hydrogens is 276 g/mol. The van der Waals surface area contributed by atoms with Gasteiger partial charge in [0.2, 0.25) is 5.79 Å². The molecule has 0 radical (unpaired) electrons. The first-order chi connectivity index (χ1) is 9.61. The van der Waals surface area contributed by atoms with Gasteiger partial charge in [-0.3, -0.25) is 4.79 Å². The molecule has 0 saturated carbocycles. The topological polar surface area (TPSA) is 93.1 Å². The second kappa shape index (κ2) is 6.41. The average molecular weight is 298 g/mol. The Morgan fingerprint density at radius 3 is 1.90 bits per heavy atom. The van der Waals surface area contributed by atoms with Crippen LogP contribution < -0.4 is 0 Å². The van der Waals surface area contributed by atoms with Crippen LogP contribution in [0.4, 0.5) is 0 Å². The molecule has 0 heterocycles. The van der Waals surface area contributed by atoms with E-state index in [0.717, 1.165) is 0 Å². The lowest BCUT2D eigenvalue weighted by atomic mass is 9.81. The zero-order chi connectivity index (χ0) is 16.4. The molecule has 0 aromatic heterocycles. The van der Waals surface area contributed by atoms with E-state index in [2.05, 4.69) is 0 Å². The standard InChI is InChI=1S/C15H22O6/c1-8(2)20-15(21-9(3)4)11(13(16)17)7-6-10(5)12(15)14(18)19/h6-9,12H,1-5H3,(H,16,17)(H,18,19). The SMILES string of the molecule is CC1=CC=C(C(=O)O)C(OC(C)C)(OC(C)C)C1C(=O)O. The zero-order valence-corrected chi connectivity index (χ0v) is 12.9. The molecule has 6 heteroatoms. The van der Waals surface area contributed by atoms with Crippen molar-refractivity contribution in [3.05, 3.63) is 23.3 Å². The summed E-state index contributed by atoms with van der Waals surface area (Å²) in [7, 11) is 0. The summed E-state index contributed by atoms with van der Waals surface area (Å²) >= 11 is 0. The zero-order valence-electron chi connectivity index (χ0n) is 12.9. The largest absolute Gasteiger partial charge is 0.481 e. The van der Waals surface area contributed by atoms with Crippen LogP contribution in [-0.2, 0) is 19.1 Å². The summed E-state index contributed by atoms with van der Waals surface area (Å²) in [6.45, 7) is 8.44. The summed E-state index contributed by atoms with van der Waals surface area (Å²) in [6, 6.07) is 0. The first-order valence-electron chi connectivity index (χ1n) is 6.82. The summed E-state index contributed by atoms with van der Waals surface area (Å²) in [5.74, 6) is -5.49. The molecule has 0 fully saturated rings. The van der Waals surface area contributed by atoms with E-state index < -0.39 is 35.9 Å². The Labute approximate surface area is 124 Å². The predicted octanol–water partition coefficient (Wildman–Crippen LogP) is 2.20. The normalized spacial score (nSPS) is 21.2. The third-order valence-electron chi connectivity index (χ3n) is 3.02. The van der Waals surface area contributed by atoms with E-state index in [1.54, 1.807) is 34.6 Å². The van der Waals surface area contributed by atoms with Gasteiger partial charge in [-0.1, -0.05) is 11.6 Å². The van der Waals surface area contributed by atoms with Crippen LogP contribution in [0.15, 0.2) is 23.3 Å². The van der Waals surface area contributed by atoms with Gasteiger partial charge in [-0.15, -0.1) is 0 Å². The van der Waals surface area contributed by atoms with Gasteiger partial charge in [-0.05, 0) is 40.7 Å². The minimum atomic E-state index is -1.83. The molecule has 0 aromatic rings. The molecule has 21 heavy (non-hydrogen) atoms. The lowest BCUT2D eigenvalue weighted by Crippen LogP contribution is -2.54. The fraction of sp³-hybridized carbons (Fsp3) is 0.600. The summed E-state index contributed by atoms with van der Waals surface area (Å²) in [4.78, 5) is 23.2. The maximum Gasteiger partial charge on any atom is 0.337 e. The van der Waals surface area contributed by atoms with Crippen LogP contribution in [0.2, 0.25) is 0 Å². The molecule has 0 bridgehead atoms. The van der Waals surface area contributed by atoms with Gasteiger partial charge in [0.05, 0.1) is 17.8 Å². The molecule has 1 unspecified atom stereocenters. The Morgan fingerprint density at radius 1 is 1.10 bits per heavy atom. The maximum absolute atomic E-state index is 11.7. The third-order valence-corrected chi connectivity index (χ3v) is 3.02. The van der Waals surface area contributed by atoms with Crippen molar-refractivity contribution in [2.45, 2.75) is 52.6 Å². The Balaban J connectivity index is 3.53. The lowest BCUT2D eigenvalue weighted by molar-refractivity contribution is -0.266. The number of allylic oxidation sites excluding steroid dienone is 2. The van der Waals surface area contributed by atoms with Gasteiger partial charge in [0.25, 0.3) is 0 Å². The Morgan fingerprint density at radius 2 is 1.57 bits per heavy atom. The molecule has 118 valence electrons. The van der Waals surface area contributed by atoms with Gasteiger partial charge in [-0.2, -0.15) is 0 Å². The van der Waals surface area contributed by atoms with E-state index in [0.29, 0.717) is 5.57 Å². The highest BCUT2D eigenvalue weighted by Gasteiger charge is 2.54. The molecule has 0 aliphatic heterocycles. The van der Waals surface area contributed by atoms with Gasteiger partial charge in [-0.25, -0.2) is 4.79 Å². The third kappa shape index (κ3) is 3.51.